The molecular formula is C24H18O5S. The molecule has 0 radical (unpaired) electrons. The highest BCUT2D eigenvalue weighted by molar-refractivity contribution is 7.91. The predicted octanol–water partition coefficient (Wildman–Crippen LogP) is 5.39. The van der Waals surface area contributed by atoms with Gasteiger partial charge in [0.2, 0.25) is 9.84 Å². The van der Waals surface area contributed by atoms with Crippen molar-refractivity contribution in [2.75, 3.05) is 0 Å². The molecule has 0 atom stereocenters. The van der Waals surface area contributed by atoms with Crippen LogP contribution in [-0.2, 0) is 9.84 Å². The van der Waals surface area contributed by atoms with Gasteiger partial charge >= 0.3 is 0 Å². The monoisotopic (exact) mass is 418 g/mol. The first-order chi connectivity index (χ1) is 14.4. The van der Waals surface area contributed by atoms with E-state index in [2.05, 4.69) is 0 Å². The van der Waals surface area contributed by atoms with E-state index in [4.69, 9.17) is 4.74 Å². The largest absolute Gasteiger partial charge is 0.508 e. The van der Waals surface area contributed by atoms with E-state index in [1.807, 2.05) is 36.4 Å². The van der Waals surface area contributed by atoms with Crippen LogP contribution in [0.15, 0.2) is 107 Å². The van der Waals surface area contributed by atoms with Gasteiger partial charge in [0.1, 0.15) is 23.0 Å². The Morgan fingerprint density at radius 1 is 0.500 bits per heavy atom. The summed E-state index contributed by atoms with van der Waals surface area (Å²) >= 11 is 0. The minimum Gasteiger partial charge on any atom is -0.508 e. The van der Waals surface area contributed by atoms with Crippen molar-refractivity contribution in [3.63, 3.8) is 0 Å². The molecule has 0 fully saturated rings. The smallest absolute Gasteiger partial charge is 0.206 e. The zero-order chi connectivity index (χ0) is 21.1. The van der Waals surface area contributed by atoms with Crippen molar-refractivity contribution in [1.82, 2.24) is 0 Å². The van der Waals surface area contributed by atoms with Gasteiger partial charge in [-0.05, 0) is 83.9 Å². The molecular weight excluding hydrogens is 400 g/mol. The van der Waals surface area contributed by atoms with Crippen LogP contribution in [-0.4, -0.2) is 18.6 Å². The van der Waals surface area contributed by atoms with Gasteiger partial charge in [0.05, 0.1) is 9.79 Å². The number of rotatable bonds is 5. The Labute approximate surface area is 174 Å². The summed E-state index contributed by atoms with van der Waals surface area (Å²) in [5.74, 6) is 1.35. The molecule has 0 aliphatic rings. The van der Waals surface area contributed by atoms with Crippen LogP contribution in [0.1, 0.15) is 0 Å². The molecule has 0 saturated carbocycles. The lowest BCUT2D eigenvalue weighted by atomic mass is 10.1. The Kier molecular flexibility index (Phi) is 5.16. The molecule has 0 saturated heterocycles. The summed E-state index contributed by atoms with van der Waals surface area (Å²) in [6.45, 7) is 0. The number of sulfone groups is 1. The highest BCUT2D eigenvalue weighted by Gasteiger charge is 2.17. The maximum atomic E-state index is 12.7. The van der Waals surface area contributed by atoms with Crippen LogP contribution in [0.5, 0.6) is 23.0 Å². The molecule has 5 nitrogen and oxygen atoms in total. The first kappa shape index (κ1) is 19.5. The van der Waals surface area contributed by atoms with Crippen molar-refractivity contribution in [2.24, 2.45) is 0 Å². The molecule has 0 aromatic heterocycles. The second kappa shape index (κ2) is 7.93. The summed E-state index contributed by atoms with van der Waals surface area (Å²) in [5.41, 5.74) is 1.96. The van der Waals surface area contributed by atoms with Gasteiger partial charge in [-0.2, -0.15) is 0 Å². The molecule has 2 N–H and O–H groups in total. The van der Waals surface area contributed by atoms with E-state index < -0.39 is 9.84 Å². The molecule has 4 rings (SSSR count). The van der Waals surface area contributed by atoms with Gasteiger partial charge in [-0.25, -0.2) is 8.42 Å². The topological polar surface area (TPSA) is 83.8 Å². The maximum absolute atomic E-state index is 12.7. The number of aromatic hydroxyl groups is 2. The number of phenolic OH excluding ortho intramolecular Hbond substituents is 2. The van der Waals surface area contributed by atoms with Gasteiger partial charge < -0.3 is 14.9 Å². The molecule has 0 amide bonds. The normalized spacial score (nSPS) is 11.2. The third-order valence-corrected chi connectivity index (χ3v) is 6.36. The lowest BCUT2D eigenvalue weighted by Crippen LogP contribution is -2.01. The third kappa shape index (κ3) is 4.14. The van der Waals surface area contributed by atoms with Crippen LogP contribution in [0, 0.1) is 0 Å². The van der Waals surface area contributed by atoms with E-state index in [0.717, 1.165) is 11.1 Å². The van der Waals surface area contributed by atoms with Gasteiger partial charge in [0.15, 0.2) is 0 Å². The van der Waals surface area contributed by atoms with E-state index in [-0.39, 0.29) is 21.3 Å². The lowest BCUT2D eigenvalue weighted by molar-refractivity contribution is 0.474. The summed E-state index contributed by atoms with van der Waals surface area (Å²) < 4.78 is 31.1. The van der Waals surface area contributed by atoms with Crippen LogP contribution in [0.4, 0.5) is 0 Å². The first-order valence-electron chi connectivity index (χ1n) is 9.13. The zero-order valence-electron chi connectivity index (χ0n) is 15.8. The fourth-order valence-electron chi connectivity index (χ4n) is 2.95. The molecule has 4 aromatic rings. The summed E-state index contributed by atoms with van der Waals surface area (Å²) in [6, 6.07) is 26.0. The summed E-state index contributed by atoms with van der Waals surface area (Å²) in [7, 11) is -3.67. The van der Waals surface area contributed by atoms with Gasteiger partial charge in [-0.1, -0.05) is 24.3 Å². The Hall–Kier alpha value is -3.77. The van der Waals surface area contributed by atoms with Gasteiger partial charge in [-0.15, -0.1) is 0 Å². The number of hydrogen-bond donors (Lipinski definition) is 2. The average molecular weight is 418 g/mol. The Morgan fingerprint density at radius 2 is 0.833 bits per heavy atom. The highest BCUT2D eigenvalue weighted by atomic mass is 32.2. The van der Waals surface area contributed by atoms with Crippen LogP contribution < -0.4 is 4.74 Å². The van der Waals surface area contributed by atoms with E-state index in [9.17, 15) is 18.6 Å². The molecule has 4 aromatic carbocycles. The summed E-state index contributed by atoms with van der Waals surface area (Å²) in [6.07, 6.45) is 0. The fraction of sp³-hybridized carbons (Fsp3) is 0. The standard InChI is InChI=1S/C24H18O5S/c25-19-5-1-17(2-6-19)18-3-9-21(10-4-18)29-22-11-15-24(16-12-22)30(27,28)23-13-7-20(26)8-14-23/h1-16,25-26H. The van der Waals surface area contributed by atoms with Crippen molar-refractivity contribution < 1.29 is 23.4 Å². The van der Waals surface area contributed by atoms with Gasteiger partial charge in [0, 0.05) is 0 Å². The molecule has 0 spiro atoms. The van der Waals surface area contributed by atoms with Crippen molar-refractivity contribution in [3.05, 3.63) is 97.1 Å². The SMILES string of the molecule is O=S(=O)(c1ccc(O)cc1)c1ccc(Oc2ccc(-c3ccc(O)cc3)cc2)cc1. The molecule has 0 unspecified atom stereocenters. The minimum absolute atomic E-state index is 0.00845. The number of ether oxygens (including phenoxy) is 1. The summed E-state index contributed by atoms with van der Waals surface area (Å²) in [5, 5.41) is 18.7. The van der Waals surface area contributed by atoms with Crippen LogP contribution in [0.2, 0.25) is 0 Å². The highest BCUT2D eigenvalue weighted by Crippen LogP contribution is 2.29. The molecule has 0 bridgehead atoms. The van der Waals surface area contributed by atoms with Crippen molar-refractivity contribution in [2.45, 2.75) is 9.79 Å². The van der Waals surface area contributed by atoms with E-state index in [0.29, 0.717) is 11.5 Å². The van der Waals surface area contributed by atoms with E-state index in [1.54, 1.807) is 24.3 Å². The molecule has 150 valence electrons. The average Bonchev–Trinajstić information content (AvgIpc) is 2.76. The number of phenols is 2. The quantitative estimate of drug-likeness (QED) is 0.454. The summed E-state index contributed by atoms with van der Waals surface area (Å²) in [4.78, 5) is 0.252. The minimum atomic E-state index is -3.67. The maximum Gasteiger partial charge on any atom is 0.206 e. The molecule has 0 heterocycles. The first-order valence-corrected chi connectivity index (χ1v) is 10.6. The van der Waals surface area contributed by atoms with Crippen molar-refractivity contribution in [1.29, 1.82) is 0 Å². The fourth-order valence-corrected chi connectivity index (χ4v) is 4.21. The number of benzene rings is 4. The molecule has 30 heavy (non-hydrogen) atoms. The predicted molar refractivity (Wildman–Crippen MR) is 114 cm³/mol. The van der Waals surface area contributed by atoms with Gasteiger partial charge in [-0.3, -0.25) is 0 Å². The van der Waals surface area contributed by atoms with E-state index >= 15 is 0 Å². The Balaban J connectivity index is 1.49. The molecule has 6 heteroatoms. The van der Waals surface area contributed by atoms with Crippen LogP contribution >= 0.6 is 0 Å². The second-order valence-electron chi connectivity index (χ2n) is 6.64. The second-order valence-corrected chi connectivity index (χ2v) is 8.59. The van der Waals surface area contributed by atoms with Crippen LogP contribution in [0.25, 0.3) is 11.1 Å². The number of hydrogen-bond acceptors (Lipinski definition) is 5. The van der Waals surface area contributed by atoms with Gasteiger partial charge in [0.25, 0.3) is 0 Å². The molecule has 0 aliphatic heterocycles. The van der Waals surface area contributed by atoms with Crippen LogP contribution in [0.3, 0.4) is 0 Å². The zero-order valence-corrected chi connectivity index (χ0v) is 16.6. The lowest BCUT2D eigenvalue weighted by Gasteiger charge is -2.09. The van der Waals surface area contributed by atoms with Crippen molar-refractivity contribution in [3.8, 4) is 34.1 Å². The van der Waals surface area contributed by atoms with E-state index in [1.165, 1.54) is 36.4 Å². The third-order valence-electron chi connectivity index (χ3n) is 4.57. The van der Waals surface area contributed by atoms with Crippen molar-refractivity contribution >= 4 is 9.84 Å². The Morgan fingerprint density at radius 3 is 1.30 bits per heavy atom. The Bertz CT molecular complexity index is 1240. The molecule has 0 aliphatic carbocycles.